The summed E-state index contributed by atoms with van der Waals surface area (Å²) in [4.78, 5) is 25.2. The first kappa shape index (κ1) is 16.8. The van der Waals surface area contributed by atoms with Gasteiger partial charge >= 0.3 is 6.09 Å². The topological polar surface area (TPSA) is 81.7 Å². The van der Waals surface area contributed by atoms with Crippen LogP contribution in [0.4, 0.5) is 4.79 Å². The van der Waals surface area contributed by atoms with Gasteiger partial charge in [0, 0.05) is 18.6 Å². The summed E-state index contributed by atoms with van der Waals surface area (Å²) in [5.74, 6) is 0.0610. The molecule has 1 fully saturated rings. The van der Waals surface area contributed by atoms with Crippen LogP contribution in [0.15, 0.2) is 0 Å². The third-order valence-electron chi connectivity index (χ3n) is 3.86. The number of nitrogens with one attached hydrogen (secondary N) is 2. The summed E-state index contributed by atoms with van der Waals surface area (Å²) in [7, 11) is 3.93. The van der Waals surface area contributed by atoms with Crippen molar-refractivity contribution < 1.29 is 14.7 Å². The van der Waals surface area contributed by atoms with E-state index in [2.05, 4.69) is 10.6 Å². The number of rotatable bonds is 7. The van der Waals surface area contributed by atoms with Gasteiger partial charge in [0.05, 0.1) is 5.41 Å². The zero-order valence-corrected chi connectivity index (χ0v) is 13.0. The molecular formula is C14H27N3O3. The van der Waals surface area contributed by atoms with Gasteiger partial charge in [-0.1, -0.05) is 6.42 Å². The van der Waals surface area contributed by atoms with Gasteiger partial charge in [-0.25, -0.2) is 4.79 Å². The van der Waals surface area contributed by atoms with Crippen molar-refractivity contribution >= 4 is 12.0 Å². The molecule has 0 atom stereocenters. The lowest BCUT2D eigenvalue weighted by Gasteiger charge is -2.45. The molecule has 0 bridgehead atoms. The minimum atomic E-state index is -1.04. The van der Waals surface area contributed by atoms with E-state index in [-0.39, 0.29) is 5.91 Å². The Bertz CT molecular complexity index is 363. The third kappa shape index (κ3) is 4.67. The Labute approximate surface area is 120 Å². The predicted molar refractivity (Wildman–Crippen MR) is 77.7 cm³/mol. The summed E-state index contributed by atoms with van der Waals surface area (Å²) in [5.41, 5.74) is -0.997. The fraction of sp³-hybridized carbons (Fsp3) is 0.857. The third-order valence-corrected chi connectivity index (χ3v) is 3.86. The van der Waals surface area contributed by atoms with Crippen molar-refractivity contribution in [3.8, 4) is 0 Å². The van der Waals surface area contributed by atoms with E-state index in [9.17, 15) is 9.59 Å². The van der Waals surface area contributed by atoms with Crippen molar-refractivity contribution in [2.24, 2.45) is 5.41 Å². The van der Waals surface area contributed by atoms with Gasteiger partial charge in [-0.3, -0.25) is 4.79 Å². The molecule has 0 aromatic rings. The molecule has 1 aliphatic rings. The van der Waals surface area contributed by atoms with Gasteiger partial charge in [0.1, 0.15) is 0 Å². The molecule has 1 rings (SSSR count). The van der Waals surface area contributed by atoms with Crippen molar-refractivity contribution in [3.63, 3.8) is 0 Å². The average molecular weight is 285 g/mol. The Hall–Kier alpha value is -1.30. The van der Waals surface area contributed by atoms with Crippen LogP contribution in [-0.2, 0) is 4.79 Å². The number of nitrogens with zero attached hydrogens (tertiary/aromatic N) is 1. The van der Waals surface area contributed by atoms with Gasteiger partial charge in [-0.15, -0.1) is 0 Å². The van der Waals surface area contributed by atoms with Crippen LogP contribution in [0.5, 0.6) is 0 Å². The van der Waals surface area contributed by atoms with Crippen LogP contribution in [0, 0.1) is 5.41 Å². The van der Waals surface area contributed by atoms with E-state index in [1.54, 1.807) is 0 Å². The second kappa shape index (κ2) is 6.43. The Morgan fingerprint density at radius 1 is 1.30 bits per heavy atom. The van der Waals surface area contributed by atoms with Crippen molar-refractivity contribution in [1.29, 1.82) is 0 Å². The van der Waals surface area contributed by atoms with E-state index in [1.807, 2.05) is 32.8 Å². The highest BCUT2D eigenvalue weighted by Gasteiger charge is 2.47. The van der Waals surface area contributed by atoms with Crippen LogP contribution in [-0.4, -0.2) is 54.7 Å². The van der Waals surface area contributed by atoms with Crippen LogP contribution in [0.1, 0.15) is 39.5 Å². The van der Waals surface area contributed by atoms with Crippen LogP contribution in [0.2, 0.25) is 0 Å². The summed E-state index contributed by atoms with van der Waals surface area (Å²) in [5, 5.41) is 14.3. The predicted octanol–water partition coefficient (Wildman–Crippen LogP) is 1.27. The SMILES string of the molecule is CN(C)CCNC(=O)C1(CC(C)(C)NC(=O)O)CCC1. The van der Waals surface area contributed by atoms with E-state index >= 15 is 0 Å². The molecule has 0 aromatic carbocycles. The zero-order valence-electron chi connectivity index (χ0n) is 13.0. The van der Waals surface area contributed by atoms with Crippen LogP contribution in [0.3, 0.4) is 0 Å². The molecule has 0 aromatic heterocycles. The first-order valence-corrected chi connectivity index (χ1v) is 7.11. The normalized spacial score (nSPS) is 17.4. The summed E-state index contributed by atoms with van der Waals surface area (Å²) in [6.45, 7) is 5.08. The number of amides is 2. The van der Waals surface area contributed by atoms with Crippen LogP contribution < -0.4 is 10.6 Å². The monoisotopic (exact) mass is 285 g/mol. The smallest absolute Gasteiger partial charge is 0.405 e. The quantitative estimate of drug-likeness (QED) is 0.658. The van der Waals surface area contributed by atoms with Crippen molar-refractivity contribution in [3.05, 3.63) is 0 Å². The molecule has 0 unspecified atom stereocenters. The van der Waals surface area contributed by atoms with Gasteiger partial charge in [0.25, 0.3) is 0 Å². The number of carboxylic acid groups (broad SMARTS) is 1. The molecule has 0 spiro atoms. The Morgan fingerprint density at radius 2 is 1.90 bits per heavy atom. The lowest BCUT2D eigenvalue weighted by Crippen LogP contribution is -2.54. The summed E-state index contributed by atoms with van der Waals surface area (Å²) in [6.07, 6.45) is 2.21. The molecule has 116 valence electrons. The highest BCUT2D eigenvalue weighted by atomic mass is 16.4. The fourth-order valence-corrected chi connectivity index (χ4v) is 2.85. The molecule has 3 N–H and O–H groups in total. The highest BCUT2D eigenvalue weighted by molar-refractivity contribution is 5.83. The van der Waals surface area contributed by atoms with E-state index in [0.29, 0.717) is 13.0 Å². The minimum Gasteiger partial charge on any atom is -0.465 e. The Kier molecular flexibility index (Phi) is 5.39. The van der Waals surface area contributed by atoms with E-state index < -0.39 is 17.0 Å². The first-order chi connectivity index (χ1) is 9.17. The molecule has 6 heteroatoms. The summed E-state index contributed by atoms with van der Waals surface area (Å²) >= 11 is 0. The highest BCUT2D eigenvalue weighted by Crippen LogP contribution is 2.46. The summed E-state index contributed by atoms with van der Waals surface area (Å²) < 4.78 is 0. The van der Waals surface area contributed by atoms with Crippen LogP contribution in [0.25, 0.3) is 0 Å². The molecule has 20 heavy (non-hydrogen) atoms. The zero-order chi connectivity index (χ0) is 15.4. The maximum atomic E-state index is 12.4. The number of carbonyl (C=O) groups excluding carboxylic acids is 1. The second-order valence-corrected chi connectivity index (χ2v) is 6.68. The molecule has 2 amide bonds. The van der Waals surface area contributed by atoms with E-state index in [0.717, 1.165) is 25.8 Å². The largest absolute Gasteiger partial charge is 0.465 e. The van der Waals surface area contributed by atoms with Gasteiger partial charge in [-0.05, 0) is 47.2 Å². The lowest BCUT2D eigenvalue weighted by molar-refractivity contribution is -0.138. The van der Waals surface area contributed by atoms with Crippen LogP contribution >= 0.6 is 0 Å². The molecule has 1 saturated carbocycles. The fourth-order valence-electron chi connectivity index (χ4n) is 2.85. The Morgan fingerprint density at radius 3 is 2.30 bits per heavy atom. The Balaban J connectivity index is 2.58. The number of likely N-dealkylation sites (N-methyl/N-ethyl adjacent to an activating group) is 1. The van der Waals surface area contributed by atoms with Gasteiger partial charge < -0.3 is 20.6 Å². The molecule has 6 nitrogen and oxygen atoms in total. The molecule has 0 heterocycles. The molecule has 0 saturated heterocycles. The number of hydrogen-bond donors (Lipinski definition) is 3. The van der Waals surface area contributed by atoms with Crippen molar-refractivity contribution in [1.82, 2.24) is 15.5 Å². The number of carbonyl (C=O) groups is 2. The van der Waals surface area contributed by atoms with Gasteiger partial charge in [-0.2, -0.15) is 0 Å². The lowest BCUT2D eigenvalue weighted by atomic mass is 9.62. The standard InChI is InChI=1S/C14H27N3O3/c1-13(2,16-12(19)20)10-14(6-5-7-14)11(18)15-8-9-17(3)4/h16H,5-10H2,1-4H3,(H,15,18)(H,19,20). The van der Waals surface area contributed by atoms with E-state index in [4.69, 9.17) is 5.11 Å². The van der Waals surface area contributed by atoms with Crippen molar-refractivity contribution in [2.75, 3.05) is 27.2 Å². The minimum absolute atomic E-state index is 0.0610. The molecular weight excluding hydrogens is 258 g/mol. The molecule has 1 aliphatic carbocycles. The summed E-state index contributed by atoms with van der Waals surface area (Å²) in [6, 6.07) is 0. The number of hydrogen-bond acceptors (Lipinski definition) is 3. The first-order valence-electron chi connectivity index (χ1n) is 7.11. The maximum Gasteiger partial charge on any atom is 0.405 e. The van der Waals surface area contributed by atoms with Gasteiger partial charge in [0.2, 0.25) is 5.91 Å². The van der Waals surface area contributed by atoms with Gasteiger partial charge in [0.15, 0.2) is 0 Å². The maximum absolute atomic E-state index is 12.4. The second-order valence-electron chi connectivity index (χ2n) is 6.68. The van der Waals surface area contributed by atoms with E-state index in [1.165, 1.54) is 0 Å². The van der Waals surface area contributed by atoms with Crippen molar-refractivity contribution in [2.45, 2.75) is 45.1 Å². The molecule has 0 aliphatic heterocycles. The molecule has 0 radical (unpaired) electrons. The average Bonchev–Trinajstić information content (AvgIpc) is 2.20.